The van der Waals surface area contributed by atoms with Gasteiger partial charge in [-0.2, -0.15) is 0 Å². The monoisotopic (exact) mass is 310 g/mol. The lowest BCUT2D eigenvalue weighted by Crippen LogP contribution is -2.29. The summed E-state index contributed by atoms with van der Waals surface area (Å²) in [5, 5.41) is 0. The highest BCUT2D eigenvalue weighted by Gasteiger charge is 2.26. The minimum absolute atomic E-state index is 0.0339. The van der Waals surface area contributed by atoms with Gasteiger partial charge >= 0.3 is 5.97 Å². The molecule has 1 aromatic carbocycles. The van der Waals surface area contributed by atoms with Crippen molar-refractivity contribution in [3.63, 3.8) is 0 Å². The van der Waals surface area contributed by atoms with Gasteiger partial charge in [-0.3, -0.25) is 4.79 Å². The molecule has 0 amide bonds. The summed E-state index contributed by atoms with van der Waals surface area (Å²) in [6.45, 7) is 0. The van der Waals surface area contributed by atoms with E-state index >= 15 is 0 Å². The average Bonchev–Trinajstić information content (AvgIpc) is 2.53. The van der Waals surface area contributed by atoms with E-state index in [9.17, 15) is 9.59 Å². The van der Waals surface area contributed by atoms with Crippen LogP contribution in [0.3, 0.4) is 0 Å². The second-order valence-electron chi connectivity index (χ2n) is 5.63. The molecular formula is C19H18O4. The van der Waals surface area contributed by atoms with Gasteiger partial charge in [0.2, 0.25) is 0 Å². The van der Waals surface area contributed by atoms with Gasteiger partial charge in [0.05, 0.1) is 0 Å². The van der Waals surface area contributed by atoms with Crippen molar-refractivity contribution in [1.29, 1.82) is 0 Å². The number of carbonyl (C=O) groups is 2. The molecule has 2 heterocycles. The Kier molecular flexibility index (Phi) is 4.71. The Balaban J connectivity index is 1.62. The van der Waals surface area contributed by atoms with Crippen molar-refractivity contribution in [3.8, 4) is 0 Å². The number of allylic oxidation sites excluding steroid dienone is 2. The van der Waals surface area contributed by atoms with Crippen molar-refractivity contribution in [2.45, 2.75) is 31.5 Å². The predicted molar refractivity (Wildman–Crippen MR) is 86.3 cm³/mol. The third-order valence-corrected chi connectivity index (χ3v) is 3.74. The van der Waals surface area contributed by atoms with E-state index in [0.717, 1.165) is 5.56 Å². The molecule has 0 saturated carbocycles. The summed E-state index contributed by atoms with van der Waals surface area (Å²) in [5.41, 5.74) is 1.04. The quantitative estimate of drug-likeness (QED) is 0.801. The van der Waals surface area contributed by atoms with Crippen molar-refractivity contribution in [3.05, 3.63) is 66.0 Å². The SMILES string of the molecule is O=C1C=C(C=Cc2ccccc2)O[C@H](C[C@H]2CC=CC(=O)O2)C1. The minimum Gasteiger partial charge on any atom is -0.490 e. The Labute approximate surface area is 135 Å². The Bertz CT molecular complexity index is 670. The van der Waals surface area contributed by atoms with E-state index in [1.54, 1.807) is 12.2 Å². The molecule has 4 heteroatoms. The van der Waals surface area contributed by atoms with Crippen LogP contribution in [0.2, 0.25) is 0 Å². The maximum atomic E-state index is 11.9. The molecular weight excluding hydrogens is 292 g/mol. The molecule has 2 aliphatic rings. The van der Waals surface area contributed by atoms with Crippen molar-refractivity contribution < 1.29 is 19.1 Å². The molecule has 0 unspecified atom stereocenters. The fraction of sp³-hybridized carbons (Fsp3) is 0.263. The fourth-order valence-corrected chi connectivity index (χ4v) is 2.68. The molecule has 0 spiro atoms. The zero-order valence-corrected chi connectivity index (χ0v) is 12.7. The molecule has 2 atom stereocenters. The van der Waals surface area contributed by atoms with Gasteiger partial charge in [0, 0.05) is 31.4 Å². The van der Waals surface area contributed by atoms with Crippen LogP contribution in [0.25, 0.3) is 6.08 Å². The highest BCUT2D eigenvalue weighted by atomic mass is 16.5. The summed E-state index contributed by atoms with van der Waals surface area (Å²) in [6.07, 6.45) is 9.48. The molecule has 2 aliphatic heterocycles. The summed E-state index contributed by atoms with van der Waals surface area (Å²) >= 11 is 0. The van der Waals surface area contributed by atoms with Crippen LogP contribution in [0.15, 0.2) is 60.4 Å². The molecule has 0 radical (unpaired) electrons. The first-order valence-corrected chi connectivity index (χ1v) is 7.70. The number of hydrogen-bond acceptors (Lipinski definition) is 4. The van der Waals surface area contributed by atoms with E-state index in [0.29, 0.717) is 25.0 Å². The number of rotatable bonds is 4. The molecule has 3 rings (SSSR count). The predicted octanol–water partition coefficient (Wildman–Crippen LogP) is 3.20. The smallest absolute Gasteiger partial charge is 0.330 e. The van der Waals surface area contributed by atoms with Gasteiger partial charge in [-0.15, -0.1) is 0 Å². The molecule has 0 aromatic heterocycles. The minimum atomic E-state index is -0.330. The summed E-state index contributed by atoms with van der Waals surface area (Å²) in [7, 11) is 0. The third kappa shape index (κ3) is 4.42. The Morgan fingerprint density at radius 2 is 1.87 bits per heavy atom. The van der Waals surface area contributed by atoms with Crippen molar-refractivity contribution >= 4 is 17.8 Å². The van der Waals surface area contributed by atoms with Crippen LogP contribution >= 0.6 is 0 Å². The van der Waals surface area contributed by atoms with E-state index in [4.69, 9.17) is 9.47 Å². The van der Waals surface area contributed by atoms with Crippen molar-refractivity contribution in [2.75, 3.05) is 0 Å². The second-order valence-corrected chi connectivity index (χ2v) is 5.63. The Morgan fingerprint density at radius 3 is 2.65 bits per heavy atom. The maximum absolute atomic E-state index is 11.9. The molecule has 0 aliphatic carbocycles. The summed E-state index contributed by atoms with van der Waals surface area (Å²) in [6, 6.07) is 9.82. The molecule has 0 fully saturated rings. The number of hydrogen-bond donors (Lipinski definition) is 0. The van der Waals surface area contributed by atoms with Crippen LogP contribution in [-0.2, 0) is 19.1 Å². The number of cyclic esters (lactones) is 1. The van der Waals surface area contributed by atoms with Gasteiger partial charge in [-0.25, -0.2) is 4.79 Å². The lowest BCUT2D eigenvalue weighted by Gasteiger charge is -2.27. The fourth-order valence-electron chi connectivity index (χ4n) is 2.68. The van der Waals surface area contributed by atoms with Crippen LogP contribution in [0, 0.1) is 0 Å². The lowest BCUT2D eigenvalue weighted by molar-refractivity contribution is -0.145. The third-order valence-electron chi connectivity index (χ3n) is 3.74. The first kappa shape index (κ1) is 15.3. The highest BCUT2D eigenvalue weighted by molar-refractivity contribution is 5.91. The van der Waals surface area contributed by atoms with Crippen LogP contribution in [-0.4, -0.2) is 24.0 Å². The lowest BCUT2D eigenvalue weighted by atomic mass is 10.0. The van der Waals surface area contributed by atoms with Crippen LogP contribution in [0.4, 0.5) is 0 Å². The zero-order valence-electron chi connectivity index (χ0n) is 12.7. The topological polar surface area (TPSA) is 52.6 Å². The molecule has 23 heavy (non-hydrogen) atoms. The Morgan fingerprint density at radius 1 is 1.04 bits per heavy atom. The van der Waals surface area contributed by atoms with Crippen LogP contribution < -0.4 is 0 Å². The standard InChI is InChI=1S/C19H18O4/c20-15-11-17(10-9-14-5-2-1-3-6-14)22-18(12-15)13-16-7-4-8-19(21)23-16/h1-6,8-11,16,18H,7,12-13H2/t16-,18+/m1/s1. The summed E-state index contributed by atoms with van der Waals surface area (Å²) in [5.74, 6) is 0.252. The number of ether oxygens (including phenoxy) is 2. The summed E-state index contributed by atoms with van der Waals surface area (Å²) in [4.78, 5) is 23.2. The number of benzene rings is 1. The van der Waals surface area contributed by atoms with Gasteiger partial charge < -0.3 is 9.47 Å². The normalized spacial score (nSPS) is 24.3. The number of carbonyl (C=O) groups excluding carboxylic acids is 2. The molecule has 1 aromatic rings. The van der Waals surface area contributed by atoms with Gasteiger partial charge in [0.1, 0.15) is 18.0 Å². The zero-order chi connectivity index (χ0) is 16.1. The largest absolute Gasteiger partial charge is 0.490 e. The van der Waals surface area contributed by atoms with Crippen LogP contribution in [0.5, 0.6) is 0 Å². The van der Waals surface area contributed by atoms with E-state index in [2.05, 4.69) is 0 Å². The first-order chi connectivity index (χ1) is 11.2. The van der Waals surface area contributed by atoms with E-state index < -0.39 is 0 Å². The van der Waals surface area contributed by atoms with Gasteiger partial charge in [-0.1, -0.05) is 42.5 Å². The van der Waals surface area contributed by atoms with Crippen molar-refractivity contribution in [2.24, 2.45) is 0 Å². The summed E-state index contributed by atoms with van der Waals surface area (Å²) < 4.78 is 11.1. The highest BCUT2D eigenvalue weighted by Crippen LogP contribution is 2.23. The Hall–Kier alpha value is -2.62. The first-order valence-electron chi connectivity index (χ1n) is 7.70. The molecule has 0 saturated heterocycles. The van der Waals surface area contributed by atoms with E-state index in [1.807, 2.05) is 36.4 Å². The molecule has 0 N–H and O–H groups in total. The van der Waals surface area contributed by atoms with Gasteiger partial charge in [-0.05, 0) is 11.6 Å². The van der Waals surface area contributed by atoms with Crippen molar-refractivity contribution in [1.82, 2.24) is 0 Å². The van der Waals surface area contributed by atoms with E-state index in [1.165, 1.54) is 12.2 Å². The molecule has 118 valence electrons. The second kappa shape index (κ2) is 7.09. The van der Waals surface area contributed by atoms with Crippen LogP contribution in [0.1, 0.15) is 24.8 Å². The molecule has 0 bridgehead atoms. The van der Waals surface area contributed by atoms with E-state index in [-0.39, 0.29) is 24.0 Å². The van der Waals surface area contributed by atoms with Gasteiger partial charge in [0.15, 0.2) is 5.78 Å². The maximum Gasteiger partial charge on any atom is 0.330 e. The number of ketones is 1. The van der Waals surface area contributed by atoms with Gasteiger partial charge in [0.25, 0.3) is 0 Å². The number of esters is 1. The average molecular weight is 310 g/mol. The molecule has 4 nitrogen and oxygen atoms in total.